The molecule has 8 aromatic rings. The van der Waals surface area contributed by atoms with E-state index in [1.807, 2.05) is 19.1 Å². The van der Waals surface area contributed by atoms with E-state index >= 15 is 0 Å². The van der Waals surface area contributed by atoms with Crippen LogP contribution in [-0.4, -0.2) is 14.5 Å². The number of aromatic nitrogens is 3. The minimum Gasteiger partial charge on any atom is -0.437 e. The van der Waals surface area contributed by atoms with E-state index in [0.29, 0.717) is 5.71 Å². The molecule has 4 heteroatoms. The average Bonchev–Trinajstić information content (AvgIpc) is 3.55. The summed E-state index contributed by atoms with van der Waals surface area (Å²) in [5.74, 6) is 0.839. The van der Waals surface area contributed by atoms with Crippen LogP contribution in [0.3, 0.4) is 0 Å². The second kappa shape index (κ2) is 8.40. The van der Waals surface area contributed by atoms with Crippen LogP contribution in [0, 0.1) is 6.92 Å². The summed E-state index contributed by atoms with van der Waals surface area (Å²) < 4.78 is 8.75. The van der Waals surface area contributed by atoms with Crippen LogP contribution in [0.4, 0.5) is 0 Å². The second-order valence-electron chi connectivity index (χ2n) is 9.90. The Bertz CT molecular complexity index is 2190. The van der Waals surface area contributed by atoms with Crippen molar-refractivity contribution in [3.05, 3.63) is 127 Å². The number of imidazole rings is 1. The minimum atomic E-state index is 0.648. The van der Waals surface area contributed by atoms with Crippen molar-refractivity contribution in [2.45, 2.75) is 6.92 Å². The SMILES string of the molecule is Cc1ccc2c(n1)oc1c(-c3nc4ccccc4n3-c3c(-c4ccccc4)ccc4ccccc34)cccc12. The molecule has 0 aliphatic rings. The minimum absolute atomic E-state index is 0.648. The van der Waals surface area contributed by atoms with E-state index < -0.39 is 0 Å². The van der Waals surface area contributed by atoms with E-state index in [4.69, 9.17) is 9.40 Å². The molecule has 4 nitrogen and oxygen atoms in total. The van der Waals surface area contributed by atoms with Crippen molar-refractivity contribution in [1.29, 1.82) is 0 Å². The number of nitrogens with zero attached hydrogens (tertiary/aromatic N) is 3. The summed E-state index contributed by atoms with van der Waals surface area (Å²) in [6.07, 6.45) is 0. The Morgan fingerprint density at radius 1 is 0.590 bits per heavy atom. The van der Waals surface area contributed by atoms with Crippen LogP contribution in [0.1, 0.15) is 5.69 Å². The largest absolute Gasteiger partial charge is 0.437 e. The monoisotopic (exact) mass is 501 g/mol. The number of pyridine rings is 1. The highest BCUT2D eigenvalue weighted by atomic mass is 16.3. The molecule has 0 aliphatic heterocycles. The summed E-state index contributed by atoms with van der Waals surface area (Å²) in [4.78, 5) is 9.89. The quantitative estimate of drug-likeness (QED) is 0.242. The lowest BCUT2D eigenvalue weighted by atomic mass is 9.97. The Balaban J connectivity index is 1.53. The number of aryl methyl sites for hydroxylation is 1. The molecular formula is C35H23N3O. The third kappa shape index (κ3) is 3.32. The van der Waals surface area contributed by atoms with Gasteiger partial charge in [-0.3, -0.25) is 4.57 Å². The fourth-order valence-electron chi connectivity index (χ4n) is 5.73. The molecule has 0 saturated heterocycles. The number of benzene rings is 5. The predicted molar refractivity (Wildman–Crippen MR) is 159 cm³/mol. The Morgan fingerprint density at radius 2 is 1.38 bits per heavy atom. The molecule has 3 heterocycles. The fraction of sp³-hybridized carbons (Fsp3) is 0.0286. The van der Waals surface area contributed by atoms with E-state index in [9.17, 15) is 0 Å². The van der Waals surface area contributed by atoms with Crippen LogP contribution in [0.15, 0.2) is 126 Å². The number of para-hydroxylation sites is 3. The highest BCUT2D eigenvalue weighted by molar-refractivity contribution is 6.09. The van der Waals surface area contributed by atoms with Crippen molar-refractivity contribution in [1.82, 2.24) is 14.5 Å². The zero-order valence-corrected chi connectivity index (χ0v) is 21.3. The van der Waals surface area contributed by atoms with Gasteiger partial charge in [0, 0.05) is 27.4 Å². The summed E-state index contributed by atoms with van der Waals surface area (Å²) in [5.41, 5.74) is 8.69. The molecule has 0 amide bonds. The zero-order chi connectivity index (χ0) is 25.9. The van der Waals surface area contributed by atoms with Gasteiger partial charge in [0.2, 0.25) is 5.71 Å². The first-order valence-electron chi connectivity index (χ1n) is 13.1. The molecule has 0 saturated carbocycles. The number of rotatable bonds is 3. The average molecular weight is 502 g/mol. The van der Waals surface area contributed by atoms with Crippen LogP contribution in [0.25, 0.3) is 72.1 Å². The van der Waals surface area contributed by atoms with Crippen LogP contribution in [0.5, 0.6) is 0 Å². The maximum atomic E-state index is 6.44. The molecule has 39 heavy (non-hydrogen) atoms. The van der Waals surface area contributed by atoms with Gasteiger partial charge in [-0.25, -0.2) is 9.97 Å². The molecular weight excluding hydrogens is 478 g/mol. The van der Waals surface area contributed by atoms with Gasteiger partial charge in [0.1, 0.15) is 11.4 Å². The van der Waals surface area contributed by atoms with Crippen molar-refractivity contribution in [3.8, 4) is 28.2 Å². The van der Waals surface area contributed by atoms with Gasteiger partial charge < -0.3 is 4.42 Å². The number of fused-ring (bicyclic) bond motifs is 5. The van der Waals surface area contributed by atoms with Gasteiger partial charge in [0.15, 0.2) is 0 Å². The molecule has 8 rings (SSSR count). The summed E-state index contributed by atoms with van der Waals surface area (Å²) in [7, 11) is 0. The Morgan fingerprint density at radius 3 is 2.31 bits per heavy atom. The molecule has 0 N–H and O–H groups in total. The number of hydrogen-bond acceptors (Lipinski definition) is 3. The van der Waals surface area contributed by atoms with Gasteiger partial charge in [0.05, 0.1) is 22.3 Å². The summed E-state index contributed by atoms with van der Waals surface area (Å²) in [6, 6.07) is 42.3. The predicted octanol–water partition coefficient (Wildman–Crippen LogP) is 9.12. The van der Waals surface area contributed by atoms with Crippen LogP contribution < -0.4 is 0 Å². The molecule has 5 aromatic carbocycles. The first-order chi connectivity index (χ1) is 19.3. The molecule has 0 spiro atoms. The van der Waals surface area contributed by atoms with Crippen LogP contribution in [0.2, 0.25) is 0 Å². The van der Waals surface area contributed by atoms with Crippen molar-refractivity contribution >= 4 is 43.9 Å². The van der Waals surface area contributed by atoms with Crippen molar-refractivity contribution < 1.29 is 4.42 Å². The lowest BCUT2D eigenvalue weighted by molar-refractivity contribution is 0.653. The van der Waals surface area contributed by atoms with Crippen molar-refractivity contribution in [3.63, 3.8) is 0 Å². The number of furan rings is 1. The van der Waals surface area contributed by atoms with Crippen LogP contribution in [-0.2, 0) is 0 Å². The standard InChI is InChI=1S/C35H23N3O/c1-22-18-20-28-27-14-9-15-29(33(27)39-35(28)36-22)34-37-30-16-7-8-17-31(30)38(34)32-25-13-6-5-12-24(25)19-21-26(32)23-10-3-2-4-11-23/h2-21H,1H3. The molecule has 184 valence electrons. The molecule has 0 fully saturated rings. The summed E-state index contributed by atoms with van der Waals surface area (Å²) in [6.45, 7) is 1.98. The maximum absolute atomic E-state index is 6.44. The zero-order valence-electron chi connectivity index (χ0n) is 21.3. The second-order valence-corrected chi connectivity index (χ2v) is 9.90. The first-order valence-corrected chi connectivity index (χ1v) is 13.1. The van der Waals surface area contributed by atoms with Gasteiger partial charge in [-0.05, 0) is 48.2 Å². The third-order valence-corrected chi connectivity index (χ3v) is 7.51. The van der Waals surface area contributed by atoms with Gasteiger partial charge in [0.25, 0.3) is 0 Å². The van der Waals surface area contributed by atoms with E-state index in [-0.39, 0.29) is 0 Å². The fourth-order valence-corrected chi connectivity index (χ4v) is 5.73. The molecule has 0 unspecified atom stereocenters. The van der Waals surface area contributed by atoms with E-state index in [0.717, 1.165) is 66.7 Å². The smallest absolute Gasteiger partial charge is 0.227 e. The van der Waals surface area contributed by atoms with Gasteiger partial charge in [-0.1, -0.05) is 91.0 Å². The molecule has 3 aromatic heterocycles. The maximum Gasteiger partial charge on any atom is 0.227 e. The Hall–Kier alpha value is -5.22. The lowest BCUT2D eigenvalue weighted by Crippen LogP contribution is -2.02. The molecule has 0 bridgehead atoms. The van der Waals surface area contributed by atoms with Gasteiger partial charge in [-0.2, -0.15) is 0 Å². The van der Waals surface area contributed by atoms with E-state index in [1.165, 1.54) is 5.39 Å². The Kier molecular flexibility index (Phi) is 4.70. The normalized spacial score (nSPS) is 11.7. The van der Waals surface area contributed by atoms with E-state index in [1.54, 1.807) is 0 Å². The topological polar surface area (TPSA) is 43.9 Å². The van der Waals surface area contributed by atoms with E-state index in [2.05, 4.69) is 119 Å². The molecule has 0 radical (unpaired) electrons. The van der Waals surface area contributed by atoms with Gasteiger partial charge >= 0.3 is 0 Å². The first kappa shape index (κ1) is 21.8. The van der Waals surface area contributed by atoms with Crippen molar-refractivity contribution in [2.75, 3.05) is 0 Å². The van der Waals surface area contributed by atoms with Crippen molar-refractivity contribution in [2.24, 2.45) is 0 Å². The highest BCUT2D eigenvalue weighted by Crippen LogP contribution is 2.41. The highest BCUT2D eigenvalue weighted by Gasteiger charge is 2.23. The molecule has 0 atom stereocenters. The lowest BCUT2D eigenvalue weighted by Gasteiger charge is -2.18. The molecule has 0 aliphatic carbocycles. The van der Waals surface area contributed by atoms with Crippen LogP contribution >= 0.6 is 0 Å². The van der Waals surface area contributed by atoms with Gasteiger partial charge in [-0.15, -0.1) is 0 Å². The third-order valence-electron chi connectivity index (χ3n) is 7.51. The summed E-state index contributed by atoms with van der Waals surface area (Å²) in [5, 5.41) is 4.39. The number of hydrogen-bond donors (Lipinski definition) is 0. The Labute approximate surface area is 224 Å². The summed E-state index contributed by atoms with van der Waals surface area (Å²) >= 11 is 0.